The molecule has 84 heavy (non-hydrogen) atoms. The molecule has 6 N–H and O–H groups in total. The third kappa shape index (κ3) is 16.1. The molecular weight excluding hydrogens is 1080 g/mol. The molecule has 0 bridgehead atoms. The molecule has 20 heteroatoms. The normalized spacial score (nSPS) is 17.2. The number of pyridine rings is 1. The molecule has 450 valence electrons. The standard InChI is InChI=1S/C64H84N10O9S/c1-9-73(49-22-29-83-30-23-49)53-33-48(32-51(42(53)4)60(79)67-36-52-40(2)31-41(3)69-61(52)80)46-16-14-45(15-17-46)37-71-25-27-72(28-26-71)57(78)21-20-55(76)65-24-10-11-56(77)70-59(64(6,7)8)63(82)74-38-50(75)34-54(74)62(81)66-35-44-12-18-47(19-13-44)58-43(5)68-39-84-58/h12-19,31-33,39,49-50,54,59,75H,9-11,20-30,34-38H2,1-8H3,(H,65,76)(H,66,81)(H,67,79)(H,69,80)(H,70,77)/t50-,54-,59-/m1/s1. The molecule has 19 nitrogen and oxygen atoms in total. The Morgan fingerprint density at radius 3 is 2.17 bits per heavy atom. The lowest BCUT2D eigenvalue weighted by Gasteiger charge is -2.37. The Labute approximate surface area is 497 Å². The van der Waals surface area contributed by atoms with Crippen LogP contribution in [0.15, 0.2) is 77.0 Å². The van der Waals surface area contributed by atoms with Crippen molar-refractivity contribution in [3.05, 3.63) is 127 Å². The van der Waals surface area contributed by atoms with Crippen LogP contribution in [0.3, 0.4) is 0 Å². The molecule has 3 aliphatic heterocycles. The van der Waals surface area contributed by atoms with Crippen LogP contribution in [-0.2, 0) is 48.3 Å². The van der Waals surface area contributed by atoms with Crippen molar-refractivity contribution in [2.24, 2.45) is 5.41 Å². The number of carbonyl (C=O) groups is 6. The van der Waals surface area contributed by atoms with Crippen LogP contribution in [-0.4, -0.2) is 148 Å². The van der Waals surface area contributed by atoms with Crippen molar-refractivity contribution in [2.75, 3.05) is 63.9 Å². The second kappa shape index (κ2) is 28.5. The first-order valence-corrected chi connectivity index (χ1v) is 30.4. The van der Waals surface area contributed by atoms with Crippen LogP contribution >= 0.6 is 11.3 Å². The topological polar surface area (TPSA) is 239 Å². The van der Waals surface area contributed by atoms with Crippen molar-refractivity contribution in [3.63, 3.8) is 0 Å². The average molecular weight is 1170 g/mol. The van der Waals surface area contributed by atoms with E-state index in [9.17, 15) is 38.7 Å². The summed E-state index contributed by atoms with van der Waals surface area (Å²) < 4.78 is 5.70. The van der Waals surface area contributed by atoms with Gasteiger partial charge in [-0.2, -0.15) is 0 Å². The van der Waals surface area contributed by atoms with Crippen LogP contribution in [0.25, 0.3) is 21.6 Å². The fraction of sp³-hybridized carbons (Fsp3) is 0.500. The number of aromatic amines is 1. The van der Waals surface area contributed by atoms with Gasteiger partial charge >= 0.3 is 0 Å². The summed E-state index contributed by atoms with van der Waals surface area (Å²) in [6.45, 7) is 21.1. The third-order valence-electron chi connectivity index (χ3n) is 16.4. The van der Waals surface area contributed by atoms with Crippen molar-refractivity contribution >= 4 is 52.5 Å². The van der Waals surface area contributed by atoms with Gasteiger partial charge < -0.3 is 50.8 Å². The molecule has 3 fully saturated rings. The van der Waals surface area contributed by atoms with Gasteiger partial charge in [0.1, 0.15) is 12.1 Å². The van der Waals surface area contributed by atoms with Crippen molar-refractivity contribution < 1.29 is 38.6 Å². The van der Waals surface area contributed by atoms with E-state index in [1.165, 1.54) is 4.90 Å². The molecule has 8 rings (SSSR count). The van der Waals surface area contributed by atoms with E-state index in [2.05, 4.69) is 78.3 Å². The Hall–Kier alpha value is -7.26. The number of thiazole rings is 1. The molecule has 0 spiro atoms. The minimum absolute atomic E-state index is 0.0169. The molecule has 3 atom stereocenters. The van der Waals surface area contributed by atoms with Crippen LogP contribution in [0.5, 0.6) is 0 Å². The van der Waals surface area contributed by atoms with Gasteiger partial charge in [-0.15, -0.1) is 11.3 Å². The highest BCUT2D eigenvalue weighted by Gasteiger charge is 2.44. The van der Waals surface area contributed by atoms with Crippen LogP contribution in [0.4, 0.5) is 5.69 Å². The van der Waals surface area contributed by atoms with E-state index in [0.717, 1.165) is 80.3 Å². The zero-order chi connectivity index (χ0) is 60.2. The predicted molar refractivity (Wildman–Crippen MR) is 326 cm³/mol. The summed E-state index contributed by atoms with van der Waals surface area (Å²) in [7, 11) is 0. The monoisotopic (exact) mass is 1170 g/mol. The molecule has 3 saturated heterocycles. The number of β-amino-alcohol motifs (C(OH)–C–C–N with tert-alkyl or cyclic N) is 1. The Balaban J connectivity index is 0.765. The first-order valence-electron chi connectivity index (χ1n) is 29.5. The molecule has 5 heterocycles. The highest BCUT2D eigenvalue weighted by molar-refractivity contribution is 7.13. The van der Waals surface area contributed by atoms with Gasteiger partial charge in [0.25, 0.3) is 11.5 Å². The second-order valence-corrected chi connectivity index (χ2v) is 24.5. The third-order valence-corrected chi connectivity index (χ3v) is 17.4. The van der Waals surface area contributed by atoms with Gasteiger partial charge in [0.15, 0.2) is 0 Å². The molecule has 0 unspecified atom stereocenters. The highest BCUT2D eigenvalue weighted by atomic mass is 32.1. The number of anilines is 1. The quantitative estimate of drug-likeness (QED) is 0.0410. The van der Waals surface area contributed by atoms with Crippen molar-refractivity contribution in [1.29, 1.82) is 0 Å². The first-order chi connectivity index (χ1) is 40.2. The van der Waals surface area contributed by atoms with Gasteiger partial charge in [0.05, 0.1) is 22.2 Å². The number of ether oxygens (including phenoxy) is 1. The highest BCUT2D eigenvalue weighted by Crippen LogP contribution is 2.35. The number of amides is 6. The predicted octanol–water partition coefficient (Wildman–Crippen LogP) is 6.46. The molecule has 6 amide bonds. The lowest BCUT2D eigenvalue weighted by atomic mass is 9.85. The van der Waals surface area contributed by atoms with E-state index >= 15 is 0 Å². The van der Waals surface area contributed by atoms with Gasteiger partial charge in [-0.25, -0.2) is 4.98 Å². The summed E-state index contributed by atoms with van der Waals surface area (Å²) in [5.41, 5.74) is 11.3. The zero-order valence-corrected chi connectivity index (χ0v) is 50.8. The van der Waals surface area contributed by atoms with E-state index in [0.29, 0.717) is 63.5 Å². The number of aryl methyl sites for hydroxylation is 3. The fourth-order valence-corrected chi connectivity index (χ4v) is 12.4. The van der Waals surface area contributed by atoms with E-state index < -0.39 is 29.5 Å². The van der Waals surface area contributed by atoms with Gasteiger partial charge in [0.2, 0.25) is 29.5 Å². The second-order valence-electron chi connectivity index (χ2n) is 23.7. The lowest BCUT2D eigenvalue weighted by Crippen LogP contribution is -2.57. The summed E-state index contributed by atoms with van der Waals surface area (Å²) in [5.74, 6) is -1.85. The fourth-order valence-electron chi connectivity index (χ4n) is 11.6. The number of benzene rings is 3. The minimum Gasteiger partial charge on any atom is -0.391 e. The Kier molecular flexibility index (Phi) is 21.3. The molecule has 0 aliphatic carbocycles. The minimum atomic E-state index is -0.976. The summed E-state index contributed by atoms with van der Waals surface area (Å²) in [6, 6.07) is 20.7. The smallest absolute Gasteiger partial charge is 0.253 e. The number of hydrogen-bond donors (Lipinski definition) is 6. The molecule has 0 radical (unpaired) electrons. The van der Waals surface area contributed by atoms with Crippen molar-refractivity contribution in [3.8, 4) is 21.6 Å². The first kappa shape index (κ1) is 62.8. The van der Waals surface area contributed by atoms with Crippen LogP contribution in [0.2, 0.25) is 0 Å². The van der Waals surface area contributed by atoms with Crippen LogP contribution in [0.1, 0.15) is 122 Å². The molecule has 3 aromatic carbocycles. The average Bonchev–Trinajstić information content (AvgIpc) is 2.86. The Morgan fingerprint density at radius 1 is 0.821 bits per heavy atom. The molecular formula is C64H84N10O9S. The number of rotatable bonds is 22. The molecule has 2 aromatic heterocycles. The van der Waals surface area contributed by atoms with Crippen molar-refractivity contribution in [2.45, 2.75) is 144 Å². The number of aliphatic hydroxyl groups is 1. The maximum absolute atomic E-state index is 14.1. The van der Waals surface area contributed by atoms with E-state index in [-0.39, 0.29) is 93.0 Å². The number of likely N-dealkylation sites (tertiary alicyclic amines) is 1. The zero-order valence-electron chi connectivity index (χ0n) is 50.0. The number of piperazine rings is 1. The van der Waals surface area contributed by atoms with Gasteiger partial charge in [-0.3, -0.25) is 38.5 Å². The number of carbonyl (C=O) groups excluding carboxylic acids is 6. The maximum atomic E-state index is 14.1. The van der Waals surface area contributed by atoms with Crippen LogP contribution in [0, 0.1) is 33.1 Å². The SMILES string of the molecule is CCN(c1cc(-c2ccc(CN3CCN(C(=O)CCC(=O)NCCCC(=O)N[C@H](C(=O)N4C[C@H](O)C[C@@H]4C(=O)NCc4ccc(-c5scnc5C)cc4)C(C)(C)C)CC3)cc2)cc(C(=O)NCc2c(C)cc(C)[nH]c2=O)c1C)C1CCOCC1. The number of aliphatic hydroxyl groups excluding tert-OH is 1. The maximum Gasteiger partial charge on any atom is 0.253 e. The lowest BCUT2D eigenvalue weighted by molar-refractivity contribution is -0.144. The van der Waals surface area contributed by atoms with Crippen LogP contribution < -0.4 is 31.7 Å². The molecule has 3 aliphatic rings. The van der Waals surface area contributed by atoms with Gasteiger partial charge in [-0.1, -0.05) is 69.3 Å². The Morgan fingerprint density at radius 2 is 1.51 bits per heavy atom. The van der Waals surface area contributed by atoms with E-state index in [1.54, 1.807) is 21.7 Å². The summed E-state index contributed by atoms with van der Waals surface area (Å²) in [4.78, 5) is 110. The molecule has 5 aromatic rings. The number of nitrogens with one attached hydrogen (secondary N) is 5. The van der Waals surface area contributed by atoms with E-state index in [4.69, 9.17) is 4.74 Å². The molecule has 0 saturated carbocycles. The van der Waals surface area contributed by atoms with Crippen molar-refractivity contribution in [1.82, 2.24) is 45.9 Å². The largest absolute Gasteiger partial charge is 0.391 e. The van der Waals surface area contributed by atoms with Gasteiger partial charge in [-0.05, 0) is 116 Å². The number of hydrogen-bond acceptors (Lipinski definition) is 13. The number of aromatic nitrogens is 2. The summed E-state index contributed by atoms with van der Waals surface area (Å²) in [6.07, 6.45) is 1.40. The number of H-pyrrole nitrogens is 1. The van der Waals surface area contributed by atoms with E-state index in [1.807, 2.05) is 84.9 Å². The number of nitrogens with zero attached hydrogens (tertiary/aromatic N) is 5. The summed E-state index contributed by atoms with van der Waals surface area (Å²) in [5, 5.41) is 22.3. The Bertz CT molecular complexity index is 3190. The van der Waals surface area contributed by atoms with Gasteiger partial charge in [0, 0.05) is 133 Å². The summed E-state index contributed by atoms with van der Waals surface area (Å²) >= 11 is 1.56.